The number of ketones is 1. The number of carbonyl (C=O) groups excluding carboxylic acids is 1. The molecule has 0 heterocycles. The third-order valence-electron chi connectivity index (χ3n) is 2.36. The molecule has 2 N–H and O–H groups in total. The minimum atomic E-state index is -0.985. The van der Waals surface area contributed by atoms with Gasteiger partial charge in [0.1, 0.15) is 0 Å². The smallest absolute Gasteiger partial charge is 0.305 e. The lowest BCUT2D eigenvalue weighted by Gasteiger charge is -2.26. The maximum Gasteiger partial charge on any atom is 0.305 e. The van der Waals surface area contributed by atoms with Crippen LogP contribution < -0.4 is 5.32 Å². The summed E-state index contributed by atoms with van der Waals surface area (Å²) in [7, 11) is 0. The molecule has 1 atom stereocenters. The fraction of sp³-hybridized carbons (Fsp3) is 0.429. The van der Waals surface area contributed by atoms with Crippen LogP contribution in [0.25, 0.3) is 0 Å². The molecule has 4 nitrogen and oxygen atoms in total. The zero-order valence-electron chi connectivity index (χ0n) is 10.9. The van der Waals surface area contributed by atoms with Crippen molar-refractivity contribution in [1.82, 2.24) is 5.32 Å². The summed E-state index contributed by atoms with van der Waals surface area (Å²) in [6, 6.07) is 8.04. The highest BCUT2D eigenvalue weighted by Crippen LogP contribution is 2.10. The molecule has 1 unspecified atom stereocenters. The maximum atomic E-state index is 12.2. The van der Waals surface area contributed by atoms with Crippen molar-refractivity contribution in [3.05, 3.63) is 35.9 Å². The minimum Gasteiger partial charge on any atom is -0.481 e. The number of rotatable bonds is 5. The largest absolute Gasteiger partial charge is 0.481 e. The Morgan fingerprint density at radius 3 is 2.22 bits per heavy atom. The first kappa shape index (κ1) is 14.4. The molecular formula is C14H19NO3. The van der Waals surface area contributed by atoms with Crippen LogP contribution in [0.5, 0.6) is 0 Å². The second-order valence-corrected chi connectivity index (χ2v) is 5.28. The van der Waals surface area contributed by atoms with Crippen molar-refractivity contribution in [2.24, 2.45) is 0 Å². The summed E-state index contributed by atoms with van der Waals surface area (Å²) in [6.45, 7) is 5.71. The van der Waals surface area contributed by atoms with E-state index >= 15 is 0 Å². The molecule has 0 amide bonds. The van der Waals surface area contributed by atoms with Crippen molar-refractivity contribution in [3.8, 4) is 0 Å². The predicted molar refractivity (Wildman–Crippen MR) is 69.7 cm³/mol. The van der Waals surface area contributed by atoms with Crippen LogP contribution in [0.4, 0.5) is 0 Å². The Kier molecular flexibility index (Phi) is 4.62. The van der Waals surface area contributed by atoms with Gasteiger partial charge in [-0.2, -0.15) is 0 Å². The Hall–Kier alpha value is -1.68. The lowest BCUT2D eigenvalue weighted by atomic mass is 9.98. The van der Waals surface area contributed by atoms with Crippen LogP contribution in [0.1, 0.15) is 37.6 Å². The molecule has 0 bridgehead atoms. The summed E-state index contributed by atoms with van der Waals surface area (Å²) in [6.07, 6.45) is -0.217. The van der Waals surface area contributed by atoms with Crippen LogP contribution >= 0.6 is 0 Å². The van der Waals surface area contributed by atoms with E-state index in [1.165, 1.54) is 0 Å². The Bertz CT molecular complexity index is 420. The monoisotopic (exact) mass is 249 g/mol. The van der Waals surface area contributed by atoms with Gasteiger partial charge in [0, 0.05) is 11.1 Å². The van der Waals surface area contributed by atoms with Crippen LogP contribution in [-0.4, -0.2) is 28.4 Å². The van der Waals surface area contributed by atoms with Crippen LogP contribution in [0.15, 0.2) is 30.3 Å². The van der Waals surface area contributed by atoms with E-state index in [0.717, 1.165) is 0 Å². The second-order valence-electron chi connectivity index (χ2n) is 5.28. The predicted octanol–water partition coefficient (Wildman–Crippen LogP) is 2.10. The number of hydrogen-bond donors (Lipinski definition) is 2. The quantitative estimate of drug-likeness (QED) is 0.784. The summed E-state index contributed by atoms with van der Waals surface area (Å²) in [5.74, 6) is -1.17. The van der Waals surface area contributed by atoms with Gasteiger partial charge in [-0.15, -0.1) is 0 Å². The first-order valence-electron chi connectivity index (χ1n) is 5.88. The first-order valence-corrected chi connectivity index (χ1v) is 5.88. The van der Waals surface area contributed by atoms with Gasteiger partial charge in [0.25, 0.3) is 0 Å². The third kappa shape index (κ3) is 4.67. The number of Topliss-reactive ketones (excluding diaryl/α,β-unsaturated/α-hetero) is 1. The van der Waals surface area contributed by atoms with Gasteiger partial charge in [-0.25, -0.2) is 0 Å². The highest BCUT2D eigenvalue weighted by molar-refractivity contribution is 6.01. The van der Waals surface area contributed by atoms with Gasteiger partial charge in [0.05, 0.1) is 12.5 Å². The van der Waals surface area contributed by atoms with Crippen molar-refractivity contribution in [3.63, 3.8) is 0 Å². The standard InChI is InChI=1S/C14H19NO3/c1-14(2,3)15-11(9-12(16)17)13(18)10-7-5-4-6-8-10/h4-8,11,15H,9H2,1-3H3,(H,16,17). The van der Waals surface area contributed by atoms with Gasteiger partial charge in [0.15, 0.2) is 5.78 Å². The van der Waals surface area contributed by atoms with E-state index in [1.807, 2.05) is 26.8 Å². The summed E-state index contributed by atoms with van der Waals surface area (Å²) in [4.78, 5) is 23.1. The minimum absolute atomic E-state index is 0.187. The van der Waals surface area contributed by atoms with Gasteiger partial charge in [-0.05, 0) is 20.8 Å². The van der Waals surface area contributed by atoms with Crippen molar-refractivity contribution in [2.45, 2.75) is 38.8 Å². The molecular weight excluding hydrogens is 230 g/mol. The van der Waals surface area contributed by atoms with Crippen molar-refractivity contribution < 1.29 is 14.7 Å². The molecule has 1 aromatic carbocycles. The van der Waals surface area contributed by atoms with E-state index in [9.17, 15) is 9.59 Å². The van der Waals surface area contributed by atoms with E-state index in [1.54, 1.807) is 24.3 Å². The second kappa shape index (κ2) is 5.78. The summed E-state index contributed by atoms with van der Waals surface area (Å²) < 4.78 is 0. The maximum absolute atomic E-state index is 12.2. The average molecular weight is 249 g/mol. The Morgan fingerprint density at radius 2 is 1.78 bits per heavy atom. The fourth-order valence-electron chi connectivity index (χ4n) is 1.71. The number of aliphatic carboxylic acids is 1. The number of nitrogens with one attached hydrogen (secondary N) is 1. The van der Waals surface area contributed by atoms with Gasteiger partial charge in [-0.3, -0.25) is 9.59 Å². The number of carboxylic acids is 1. The number of benzene rings is 1. The van der Waals surface area contributed by atoms with Crippen LogP contribution in [0.3, 0.4) is 0 Å². The topological polar surface area (TPSA) is 66.4 Å². The van der Waals surface area contributed by atoms with E-state index in [0.29, 0.717) is 5.56 Å². The Morgan fingerprint density at radius 1 is 1.22 bits per heavy atom. The van der Waals surface area contributed by atoms with E-state index < -0.39 is 12.0 Å². The summed E-state index contributed by atoms with van der Waals surface area (Å²) in [5, 5.41) is 11.9. The fourth-order valence-corrected chi connectivity index (χ4v) is 1.71. The molecule has 0 aliphatic rings. The van der Waals surface area contributed by atoms with Crippen molar-refractivity contribution >= 4 is 11.8 Å². The highest BCUT2D eigenvalue weighted by Gasteiger charge is 2.26. The van der Waals surface area contributed by atoms with E-state index in [-0.39, 0.29) is 17.7 Å². The van der Waals surface area contributed by atoms with Crippen molar-refractivity contribution in [2.75, 3.05) is 0 Å². The van der Waals surface area contributed by atoms with Crippen LogP contribution in [-0.2, 0) is 4.79 Å². The molecule has 0 aliphatic heterocycles. The molecule has 98 valence electrons. The SMILES string of the molecule is CC(C)(C)NC(CC(=O)O)C(=O)c1ccccc1. The summed E-state index contributed by atoms with van der Waals surface area (Å²) in [5.41, 5.74) is 0.213. The number of hydrogen-bond acceptors (Lipinski definition) is 3. The Labute approximate surface area is 107 Å². The molecule has 0 fully saturated rings. The molecule has 4 heteroatoms. The van der Waals surface area contributed by atoms with Gasteiger partial charge >= 0.3 is 5.97 Å². The van der Waals surface area contributed by atoms with Gasteiger partial charge in [0.2, 0.25) is 0 Å². The molecule has 0 aromatic heterocycles. The number of carbonyl (C=O) groups is 2. The van der Waals surface area contributed by atoms with Gasteiger partial charge < -0.3 is 10.4 Å². The van der Waals surface area contributed by atoms with Crippen LogP contribution in [0.2, 0.25) is 0 Å². The zero-order valence-corrected chi connectivity index (χ0v) is 10.9. The first-order chi connectivity index (χ1) is 8.29. The van der Waals surface area contributed by atoms with E-state index in [2.05, 4.69) is 5.32 Å². The molecule has 1 rings (SSSR count). The molecule has 1 aromatic rings. The molecule has 0 saturated heterocycles. The normalized spacial score (nSPS) is 13.1. The average Bonchev–Trinajstić information content (AvgIpc) is 2.26. The zero-order chi connectivity index (χ0) is 13.8. The van der Waals surface area contributed by atoms with E-state index in [4.69, 9.17) is 5.11 Å². The molecule has 0 aliphatic carbocycles. The molecule has 0 radical (unpaired) electrons. The highest BCUT2D eigenvalue weighted by atomic mass is 16.4. The summed E-state index contributed by atoms with van der Waals surface area (Å²) >= 11 is 0. The van der Waals surface area contributed by atoms with Gasteiger partial charge in [-0.1, -0.05) is 30.3 Å². The van der Waals surface area contributed by atoms with Crippen molar-refractivity contribution in [1.29, 1.82) is 0 Å². The lowest BCUT2D eigenvalue weighted by Crippen LogP contribution is -2.48. The molecule has 18 heavy (non-hydrogen) atoms. The molecule has 0 saturated carbocycles. The lowest BCUT2D eigenvalue weighted by molar-refractivity contribution is -0.137. The molecule has 0 spiro atoms. The van der Waals surface area contributed by atoms with Crippen LogP contribution in [0, 0.1) is 0 Å². The number of carboxylic acid groups (broad SMARTS) is 1. The third-order valence-corrected chi connectivity index (χ3v) is 2.36. The Balaban J connectivity index is 2.89.